The molecule has 11 heteroatoms. The quantitative estimate of drug-likeness (QED) is 0.367. The van der Waals surface area contributed by atoms with Crippen molar-refractivity contribution in [1.82, 2.24) is 5.32 Å². The molecule has 0 aliphatic carbocycles. The van der Waals surface area contributed by atoms with Gasteiger partial charge in [-0.05, 0) is 55.0 Å². The highest BCUT2D eigenvalue weighted by molar-refractivity contribution is 7.80. The predicted molar refractivity (Wildman–Crippen MR) is 93.0 cm³/mol. The molecule has 0 aliphatic rings. The van der Waals surface area contributed by atoms with E-state index in [1.807, 2.05) is 5.32 Å². The number of carbonyl (C=O) groups is 1. The molecule has 150 valence electrons. The fourth-order valence-electron chi connectivity index (χ4n) is 2.16. The molecule has 0 radical (unpaired) electrons. The Morgan fingerprint density at radius 3 is 1.96 bits per heavy atom. The zero-order chi connectivity index (χ0) is 21.3. The van der Waals surface area contributed by atoms with Crippen LogP contribution in [0.5, 0.6) is 5.75 Å². The monoisotopic (exact) mass is 422 g/mol. The van der Waals surface area contributed by atoms with E-state index < -0.39 is 40.1 Å². The smallest absolute Gasteiger partial charge is 0.416 e. The minimum Gasteiger partial charge on any atom is -0.506 e. The summed E-state index contributed by atoms with van der Waals surface area (Å²) in [6.07, 6.45) is -10.2. The summed E-state index contributed by atoms with van der Waals surface area (Å²) in [6, 6.07) is 4.91. The van der Waals surface area contributed by atoms with Gasteiger partial charge in [-0.15, -0.1) is 0 Å². The van der Waals surface area contributed by atoms with Crippen LogP contribution in [0.15, 0.2) is 36.4 Å². The Hall–Kier alpha value is -2.82. The summed E-state index contributed by atoms with van der Waals surface area (Å²) in [4.78, 5) is 12.1. The molecule has 4 nitrogen and oxygen atoms in total. The van der Waals surface area contributed by atoms with Gasteiger partial charge in [-0.25, -0.2) is 0 Å². The molecule has 0 spiro atoms. The number of rotatable bonds is 2. The fraction of sp³-hybridized carbons (Fsp3) is 0.176. The maximum atomic E-state index is 12.9. The van der Waals surface area contributed by atoms with Crippen molar-refractivity contribution in [2.45, 2.75) is 19.3 Å². The second kappa shape index (κ2) is 7.66. The number of nitrogens with one attached hydrogen (secondary N) is 2. The van der Waals surface area contributed by atoms with E-state index in [9.17, 15) is 36.2 Å². The van der Waals surface area contributed by atoms with E-state index in [2.05, 4.69) is 5.32 Å². The second-order valence-corrected chi connectivity index (χ2v) is 6.13. The molecule has 0 unspecified atom stereocenters. The van der Waals surface area contributed by atoms with Crippen LogP contribution in [0.4, 0.5) is 32.0 Å². The van der Waals surface area contributed by atoms with E-state index >= 15 is 0 Å². The fourth-order valence-corrected chi connectivity index (χ4v) is 2.36. The maximum absolute atomic E-state index is 12.9. The molecular weight excluding hydrogens is 410 g/mol. The van der Waals surface area contributed by atoms with Crippen LogP contribution in [-0.2, 0) is 12.4 Å². The van der Waals surface area contributed by atoms with Crippen LogP contribution in [0.1, 0.15) is 27.0 Å². The third kappa shape index (κ3) is 5.35. The largest absolute Gasteiger partial charge is 0.506 e. The van der Waals surface area contributed by atoms with E-state index in [1.54, 1.807) is 13.0 Å². The topological polar surface area (TPSA) is 61.4 Å². The average molecular weight is 422 g/mol. The number of phenols is 1. The summed E-state index contributed by atoms with van der Waals surface area (Å²) in [5.41, 5.74) is -3.30. The molecule has 0 heterocycles. The first kappa shape index (κ1) is 21.5. The van der Waals surface area contributed by atoms with Crippen molar-refractivity contribution in [2.24, 2.45) is 0 Å². The number of hydrogen-bond donors (Lipinski definition) is 3. The number of benzene rings is 2. The van der Waals surface area contributed by atoms with E-state index in [4.69, 9.17) is 12.2 Å². The summed E-state index contributed by atoms with van der Waals surface area (Å²) in [6.45, 7) is 1.70. The number of anilines is 1. The van der Waals surface area contributed by atoms with Crippen molar-refractivity contribution < 1.29 is 36.2 Å². The number of aryl methyl sites for hydroxylation is 1. The summed E-state index contributed by atoms with van der Waals surface area (Å²) in [5, 5.41) is 13.7. The molecule has 2 aromatic carbocycles. The lowest BCUT2D eigenvalue weighted by atomic mass is 10.0. The first-order chi connectivity index (χ1) is 12.8. The van der Waals surface area contributed by atoms with Gasteiger partial charge in [0.25, 0.3) is 5.91 Å². The Balaban J connectivity index is 2.26. The first-order valence-electron chi connectivity index (χ1n) is 7.49. The molecule has 0 fully saturated rings. The molecule has 0 saturated carbocycles. The molecule has 3 N–H and O–H groups in total. The van der Waals surface area contributed by atoms with Crippen LogP contribution < -0.4 is 10.6 Å². The zero-order valence-electron chi connectivity index (χ0n) is 14.0. The normalized spacial score (nSPS) is 11.8. The van der Waals surface area contributed by atoms with Crippen molar-refractivity contribution in [3.8, 4) is 5.75 Å². The Kier molecular flexibility index (Phi) is 5.88. The third-order valence-electron chi connectivity index (χ3n) is 3.48. The van der Waals surface area contributed by atoms with Gasteiger partial charge in [0, 0.05) is 5.56 Å². The predicted octanol–water partition coefficient (Wildman–Crippen LogP) is 4.87. The summed E-state index contributed by atoms with van der Waals surface area (Å²) in [7, 11) is 0. The van der Waals surface area contributed by atoms with Crippen LogP contribution in [0.25, 0.3) is 0 Å². The van der Waals surface area contributed by atoms with Gasteiger partial charge in [-0.2, -0.15) is 26.3 Å². The molecule has 0 aliphatic heterocycles. The number of halogens is 6. The van der Waals surface area contributed by atoms with Crippen LogP contribution >= 0.6 is 12.2 Å². The number of alkyl halides is 6. The van der Waals surface area contributed by atoms with E-state index in [1.165, 1.54) is 12.1 Å². The molecule has 0 bridgehead atoms. The lowest BCUT2D eigenvalue weighted by molar-refractivity contribution is -0.143. The van der Waals surface area contributed by atoms with Gasteiger partial charge in [0.1, 0.15) is 5.75 Å². The Morgan fingerprint density at radius 2 is 1.50 bits per heavy atom. The summed E-state index contributed by atoms with van der Waals surface area (Å²) in [5.74, 6) is -1.49. The van der Waals surface area contributed by atoms with Gasteiger partial charge < -0.3 is 10.4 Å². The van der Waals surface area contributed by atoms with Crippen LogP contribution in [0.2, 0.25) is 0 Å². The van der Waals surface area contributed by atoms with Crippen molar-refractivity contribution >= 4 is 28.9 Å². The van der Waals surface area contributed by atoms with Crippen molar-refractivity contribution in [3.63, 3.8) is 0 Å². The Morgan fingerprint density at radius 1 is 0.964 bits per heavy atom. The molecular formula is C17H12F6N2O2S. The Labute approximate surface area is 160 Å². The van der Waals surface area contributed by atoms with Crippen molar-refractivity contribution in [3.05, 3.63) is 58.7 Å². The average Bonchev–Trinajstić information content (AvgIpc) is 2.55. The molecule has 2 aromatic rings. The highest BCUT2D eigenvalue weighted by atomic mass is 32.1. The standard InChI is InChI=1S/C17H12F6N2O2S/c1-8-2-3-12(13(26)4-8)24-15(28)25-14(27)9-5-10(16(18,19)20)7-11(6-9)17(21,22)23/h2-7,26H,1H3,(H2,24,25,27,28). The minimum absolute atomic E-state index is 0.0856. The van der Waals surface area contributed by atoms with Crippen LogP contribution in [-0.4, -0.2) is 16.1 Å². The van der Waals surface area contributed by atoms with E-state index in [0.29, 0.717) is 0 Å². The molecule has 0 saturated heterocycles. The van der Waals surface area contributed by atoms with E-state index in [-0.39, 0.29) is 29.6 Å². The number of thiocarbonyl (C=S) groups is 1. The number of amides is 1. The van der Waals surface area contributed by atoms with Gasteiger partial charge in [0.15, 0.2) is 5.11 Å². The highest BCUT2D eigenvalue weighted by Gasteiger charge is 2.37. The van der Waals surface area contributed by atoms with Gasteiger partial charge in [0.05, 0.1) is 16.8 Å². The summed E-state index contributed by atoms with van der Waals surface area (Å²) >= 11 is 4.82. The van der Waals surface area contributed by atoms with Gasteiger partial charge in [0.2, 0.25) is 0 Å². The maximum Gasteiger partial charge on any atom is 0.416 e. The number of hydrogen-bond acceptors (Lipinski definition) is 3. The van der Waals surface area contributed by atoms with Gasteiger partial charge in [-0.3, -0.25) is 10.1 Å². The SMILES string of the molecule is Cc1ccc(NC(=S)NC(=O)c2cc(C(F)(F)F)cc(C(F)(F)F)c2)c(O)c1. The zero-order valence-corrected chi connectivity index (χ0v) is 14.8. The second-order valence-electron chi connectivity index (χ2n) is 5.72. The summed E-state index contributed by atoms with van der Waals surface area (Å²) < 4.78 is 77.2. The molecule has 1 amide bonds. The minimum atomic E-state index is -5.08. The number of phenolic OH excluding ortho intramolecular Hbond substituents is 1. The molecule has 0 aromatic heterocycles. The van der Waals surface area contributed by atoms with Crippen LogP contribution in [0, 0.1) is 6.92 Å². The number of aromatic hydroxyl groups is 1. The highest BCUT2D eigenvalue weighted by Crippen LogP contribution is 2.36. The molecule has 28 heavy (non-hydrogen) atoms. The first-order valence-corrected chi connectivity index (χ1v) is 7.89. The van der Waals surface area contributed by atoms with Crippen molar-refractivity contribution in [1.29, 1.82) is 0 Å². The molecule has 0 atom stereocenters. The molecule has 2 rings (SSSR count). The van der Waals surface area contributed by atoms with Gasteiger partial charge in [-0.1, -0.05) is 6.07 Å². The number of carbonyl (C=O) groups excluding carboxylic acids is 1. The third-order valence-corrected chi connectivity index (χ3v) is 3.68. The Bertz CT molecular complexity index is 893. The van der Waals surface area contributed by atoms with Gasteiger partial charge >= 0.3 is 12.4 Å². The van der Waals surface area contributed by atoms with E-state index in [0.717, 1.165) is 5.56 Å². The van der Waals surface area contributed by atoms with Crippen LogP contribution in [0.3, 0.4) is 0 Å². The van der Waals surface area contributed by atoms with Crippen molar-refractivity contribution in [2.75, 3.05) is 5.32 Å². The lowest BCUT2D eigenvalue weighted by Crippen LogP contribution is -2.34. The lowest BCUT2D eigenvalue weighted by Gasteiger charge is -2.15.